The van der Waals surface area contributed by atoms with Gasteiger partial charge in [0.2, 0.25) is 0 Å². The fraction of sp³-hybridized carbons (Fsp3) is 0.417. The molecule has 8 heteroatoms. The summed E-state index contributed by atoms with van der Waals surface area (Å²) in [7, 11) is 1.68. The number of fused-ring (bicyclic) bond motifs is 1. The molecule has 20 heavy (non-hydrogen) atoms. The number of rotatable bonds is 5. The van der Waals surface area contributed by atoms with Crippen molar-refractivity contribution in [1.29, 1.82) is 0 Å². The minimum Gasteiger partial charge on any atom is -0.462 e. The van der Waals surface area contributed by atoms with Crippen LogP contribution in [0.4, 0.5) is 14.5 Å². The zero-order valence-corrected chi connectivity index (χ0v) is 11.1. The molecule has 2 rings (SSSR count). The molecule has 0 atom stereocenters. The van der Waals surface area contributed by atoms with Gasteiger partial charge in [-0.25, -0.2) is 18.6 Å². The van der Waals surface area contributed by atoms with Gasteiger partial charge in [-0.2, -0.15) is 5.10 Å². The molecule has 2 heterocycles. The Morgan fingerprint density at radius 3 is 2.90 bits per heavy atom. The number of aromatic nitrogens is 3. The summed E-state index contributed by atoms with van der Waals surface area (Å²) in [6.45, 7) is 1.29. The van der Waals surface area contributed by atoms with Crippen molar-refractivity contribution in [1.82, 2.24) is 14.8 Å². The summed E-state index contributed by atoms with van der Waals surface area (Å²) in [5.41, 5.74) is 0.879. The highest BCUT2D eigenvalue weighted by atomic mass is 19.3. The van der Waals surface area contributed by atoms with E-state index < -0.39 is 18.9 Å². The van der Waals surface area contributed by atoms with Gasteiger partial charge in [-0.3, -0.25) is 4.68 Å². The van der Waals surface area contributed by atoms with Crippen LogP contribution < -0.4 is 5.32 Å². The Morgan fingerprint density at radius 2 is 2.25 bits per heavy atom. The van der Waals surface area contributed by atoms with Crippen LogP contribution in [0, 0.1) is 0 Å². The Morgan fingerprint density at radius 1 is 1.50 bits per heavy atom. The summed E-state index contributed by atoms with van der Waals surface area (Å²) < 4.78 is 31.2. The number of nitrogens with zero attached hydrogens (tertiary/aromatic N) is 3. The molecule has 108 valence electrons. The van der Waals surface area contributed by atoms with Crippen molar-refractivity contribution in [2.45, 2.75) is 13.3 Å². The lowest BCUT2D eigenvalue weighted by molar-refractivity contribution is 0.0527. The van der Waals surface area contributed by atoms with Gasteiger partial charge in [-0.15, -0.1) is 0 Å². The molecule has 0 spiro atoms. The highest BCUT2D eigenvalue weighted by Crippen LogP contribution is 2.26. The molecule has 2 aromatic rings. The summed E-state index contributed by atoms with van der Waals surface area (Å²) in [5, 5.41) is 7.07. The number of ether oxygens (including phenoxy) is 1. The maximum atomic E-state index is 12.4. The van der Waals surface area contributed by atoms with Crippen molar-refractivity contribution in [3.63, 3.8) is 0 Å². The summed E-state index contributed by atoms with van der Waals surface area (Å²) in [4.78, 5) is 15.9. The second kappa shape index (κ2) is 5.81. The van der Waals surface area contributed by atoms with E-state index in [1.807, 2.05) is 0 Å². The Bertz CT molecular complexity index is 627. The predicted molar refractivity (Wildman–Crippen MR) is 69.0 cm³/mol. The van der Waals surface area contributed by atoms with Crippen LogP contribution >= 0.6 is 0 Å². The van der Waals surface area contributed by atoms with Crippen molar-refractivity contribution in [2.24, 2.45) is 7.05 Å². The number of alkyl halides is 2. The normalized spacial score (nSPS) is 11.1. The zero-order chi connectivity index (χ0) is 14.7. The van der Waals surface area contributed by atoms with Gasteiger partial charge in [0.1, 0.15) is 5.56 Å². The first-order valence-corrected chi connectivity index (χ1v) is 6.04. The number of anilines is 1. The standard InChI is InChI=1S/C12H14F2N4O2/c1-3-20-12(19)8-4-16-11-7(5-17-18(11)2)10(8)15-6-9(13)14/h4-5,9H,3,6H2,1-2H3,(H,15,16). The quantitative estimate of drug-likeness (QED) is 0.848. The molecule has 0 aliphatic rings. The molecule has 6 nitrogen and oxygen atoms in total. The van der Waals surface area contributed by atoms with Gasteiger partial charge in [-0.05, 0) is 6.92 Å². The molecule has 0 saturated heterocycles. The first-order valence-electron chi connectivity index (χ1n) is 6.04. The molecular formula is C12H14F2N4O2. The molecule has 0 aliphatic carbocycles. The van der Waals surface area contributed by atoms with Crippen LogP contribution in [-0.2, 0) is 11.8 Å². The molecule has 0 bridgehead atoms. The number of nitrogens with one attached hydrogen (secondary N) is 1. The Balaban J connectivity index is 2.49. The van der Waals surface area contributed by atoms with Crippen LogP contribution in [0.2, 0.25) is 0 Å². The molecule has 0 aromatic carbocycles. The van der Waals surface area contributed by atoms with E-state index in [9.17, 15) is 13.6 Å². The van der Waals surface area contributed by atoms with E-state index in [1.165, 1.54) is 17.1 Å². The number of carbonyl (C=O) groups is 1. The molecular weight excluding hydrogens is 270 g/mol. The summed E-state index contributed by atoms with van der Waals surface area (Å²) in [6.07, 6.45) is 0.235. The Kier molecular flexibility index (Phi) is 4.11. The average Bonchev–Trinajstić information content (AvgIpc) is 2.78. The maximum Gasteiger partial charge on any atom is 0.341 e. The van der Waals surface area contributed by atoms with Gasteiger partial charge in [0.25, 0.3) is 6.43 Å². The molecule has 0 amide bonds. The van der Waals surface area contributed by atoms with E-state index in [1.54, 1.807) is 14.0 Å². The Labute approximate surface area is 113 Å². The molecule has 0 aliphatic heterocycles. The second-order valence-corrected chi connectivity index (χ2v) is 4.04. The topological polar surface area (TPSA) is 69.0 Å². The van der Waals surface area contributed by atoms with Gasteiger partial charge in [0.15, 0.2) is 5.65 Å². The van der Waals surface area contributed by atoms with Crippen molar-refractivity contribution < 1.29 is 18.3 Å². The molecule has 0 radical (unpaired) electrons. The molecule has 0 fully saturated rings. The zero-order valence-electron chi connectivity index (χ0n) is 11.1. The van der Waals surface area contributed by atoms with Crippen LogP contribution in [0.3, 0.4) is 0 Å². The third-order valence-corrected chi connectivity index (χ3v) is 2.69. The largest absolute Gasteiger partial charge is 0.462 e. The number of carbonyl (C=O) groups excluding carboxylic acids is 1. The van der Waals surface area contributed by atoms with E-state index in [4.69, 9.17) is 4.74 Å². The van der Waals surface area contributed by atoms with Crippen LogP contribution in [-0.4, -0.2) is 40.3 Å². The minimum absolute atomic E-state index is 0.119. The van der Waals surface area contributed by atoms with Crippen LogP contribution in [0.15, 0.2) is 12.4 Å². The number of hydrogen-bond donors (Lipinski definition) is 1. The number of esters is 1. The van der Waals surface area contributed by atoms with Gasteiger partial charge in [-0.1, -0.05) is 0 Å². The molecule has 1 N–H and O–H groups in total. The van der Waals surface area contributed by atoms with Crippen LogP contribution in [0.1, 0.15) is 17.3 Å². The van der Waals surface area contributed by atoms with Crippen molar-refractivity contribution >= 4 is 22.7 Å². The van der Waals surface area contributed by atoms with Crippen molar-refractivity contribution in [3.8, 4) is 0 Å². The predicted octanol–water partition coefficient (Wildman–Crippen LogP) is 1.82. The van der Waals surface area contributed by atoms with Crippen LogP contribution in [0.5, 0.6) is 0 Å². The lowest BCUT2D eigenvalue weighted by Gasteiger charge is -2.11. The first kappa shape index (κ1) is 14.2. The lowest BCUT2D eigenvalue weighted by atomic mass is 10.2. The minimum atomic E-state index is -2.54. The first-order chi connectivity index (χ1) is 9.54. The smallest absolute Gasteiger partial charge is 0.341 e. The summed E-state index contributed by atoms with van der Waals surface area (Å²) in [6, 6.07) is 0. The van der Waals surface area contributed by atoms with Crippen molar-refractivity contribution in [3.05, 3.63) is 18.0 Å². The fourth-order valence-electron chi connectivity index (χ4n) is 1.83. The Hall–Kier alpha value is -2.25. The lowest BCUT2D eigenvalue weighted by Crippen LogP contribution is -2.15. The number of hydrogen-bond acceptors (Lipinski definition) is 5. The average molecular weight is 284 g/mol. The third kappa shape index (κ3) is 2.68. The van der Waals surface area contributed by atoms with E-state index in [0.29, 0.717) is 11.0 Å². The highest BCUT2D eigenvalue weighted by Gasteiger charge is 2.19. The monoisotopic (exact) mass is 284 g/mol. The van der Waals surface area contributed by atoms with E-state index >= 15 is 0 Å². The number of aryl methyl sites for hydroxylation is 1. The third-order valence-electron chi connectivity index (χ3n) is 2.69. The van der Waals surface area contributed by atoms with Gasteiger partial charge in [0.05, 0.1) is 30.4 Å². The number of pyridine rings is 1. The molecule has 2 aromatic heterocycles. The second-order valence-electron chi connectivity index (χ2n) is 4.04. The fourth-order valence-corrected chi connectivity index (χ4v) is 1.83. The molecule has 0 unspecified atom stereocenters. The highest BCUT2D eigenvalue weighted by molar-refractivity contribution is 6.04. The maximum absolute atomic E-state index is 12.4. The van der Waals surface area contributed by atoms with Crippen molar-refractivity contribution in [2.75, 3.05) is 18.5 Å². The van der Waals surface area contributed by atoms with Crippen LogP contribution in [0.25, 0.3) is 11.0 Å². The summed E-state index contributed by atoms with van der Waals surface area (Å²) >= 11 is 0. The van der Waals surface area contributed by atoms with Gasteiger partial charge in [0, 0.05) is 13.2 Å². The SMILES string of the molecule is CCOC(=O)c1cnc2c(cnn2C)c1NCC(F)F. The van der Waals surface area contributed by atoms with Gasteiger partial charge >= 0.3 is 5.97 Å². The van der Waals surface area contributed by atoms with Gasteiger partial charge < -0.3 is 10.1 Å². The van der Waals surface area contributed by atoms with E-state index in [2.05, 4.69) is 15.4 Å². The van der Waals surface area contributed by atoms with E-state index in [0.717, 1.165) is 0 Å². The van der Waals surface area contributed by atoms with E-state index in [-0.39, 0.29) is 17.9 Å². The summed E-state index contributed by atoms with van der Waals surface area (Å²) in [5.74, 6) is -0.609. The number of halogens is 2. The molecule has 0 saturated carbocycles.